The van der Waals surface area contributed by atoms with E-state index in [1.54, 1.807) is 4.90 Å². The lowest BCUT2D eigenvalue weighted by atomic mass is 9.74. The van der Waals surface area contributed by atoms with Gasteiger partial charge in [-0.15, -0.1) is 0 Å². The van der Waals surface area contributed by atoms with Crippen LogP contribution in [0.1, 0.15) is 11.3 Å². The number of urea groups is 1. The summed E-state index contributed by atoms with van der Waals surface area (Å²) in [6, 6.07) is 16.0. The van der Waals surface area contributed by atoms with E-state index in [1.807, 2.05) is 64.5 Å². The van der Waals surface area contributed by atoms with Gasteiger partial charge in [-0.3, -0.25) is 9.78 Å². The lowest BCUT2D eigenvalue weighted by Crippen LogP contribution is -2.67. The zero-order chi connectivity index (χ0) is 22.6. The molecule has 0 aliphatic carbocycles. The number of hydrogen-bond donors (Lipinski definition) is 0. The Hall–Kier alpha value is -2.97. The Bertz CT molecular complexity index is 1270. The van der Waals surface area contributed by atoms with Crippen LogP contribution in [0.15, 0.2) is 59.2 Å². The number of hydrogen-bond acceptors (Lipinski definition) is 4. The molecule has 0 unspecified atom stereocenters. The van der Waals surface area contributed by atoms with Crippen LogP contribution < -0.4 is 4.90 Å². The van der Waals surface area contributed by atoms with Crippen LogP contribution in [0.3, 0.4) is 0 Å². The highest BCUT2D eigenvalue weighted by molar-refractivity contribution is 9.10. The van der Waals surface area contributed by atoms with Crippen LogP contribution in [0, 0.1) is 0 Å². The van der Waals surface area contributed by atoms with E-state index in [1.165, 1.54) is 0 Å². The van der Waals surface area contributed by atoms with E-state index < -0.39 is 5.41 Å². The van der Waals surface area contributed by atoms with Crippen molar-refractivity contribution in [2.45, 2.75) is 12.0 Å². The van der Waals surface area contributed by atoms with Gasteiger partial charge in [0, 0.05) is 47.9 Å². The van der Waals surface area contributed by atoms with Gasteiger partial charge in [0.15, 0.2) is 0 Å². The van der Waals surface area contributed by atoms with E-state index in [4.69, 9.17) is 4.74 Å². The maximum absolute atomic E-state index is 13.8. The highest BCUT2D eigenvalue weighted by atomic mass is 79.9. The second-order valence-electron chi connectivity index (χ2n) is 8.83. The minimum Gasteiger partial charge on any atom is -0.378 e. The lowest BCUT2D eigenvalue weighted by Gasteiger charge is -2.48. The van der Waals surface area contributed by atoms with Crippen LogP contribution in [-0.2, 0) is 21.5 Å². The fraction of sp³-hybridized carbons (Fsp3) is 0.320. The molecule has 2 fully saturated rings. The molecule has 4 heterocycles. The molecule has 0 radical (unpaired) electrons. The zero-order valence-corrected chi connectivity index (χ0v) is 19.6. The average Bonchev–Trinajstić information content (AvgIpc) is 3.08. The van der Waals surface area contributed by atoms with Gasteiger partial charge < -0.3 is 19.4 Å². The summed E-state index contributed by atoms with van der Waals surface area (Å²) in [4.78, 5) is 36.8. The fourth-order valence-electron chi connectivity index (χ4n) is 5.18. The van der Waals surface area contributed by atoms with Crippen LogP contribution in [0.4, 0.5) is 10.5 Å². The monoisotopic (exact) mass is 506 g/mol. The maximum Gasteiger partial charge on any atom is 0.320 e. The van der Waals surface area contributed by atoms with Gasteiger partial charge in [-0.05, 0) is 32.9 Å². The van der Waals surface area contributed by atoms with Gasteiger partial charge in [-0.2, -0.15) is 0 Å². The van der Waals surface area contributed by atoms with Gasteiger partial charge in [0.1, 0.15) is 5.41 Å². The van der Waals surface area contributed by atoms with Gasteiger partial charge in [0.25, 0.3) is 0 Å². The Kier molecular flexibility index (Phi) is 4.88. The highest BCUT2D eigenvalue weighted by Crippen LogP contribution is 2.48. The van der Waals surface area contributed by atoms with Gasteiger partial charge in [-0.1, -0.05) is 42.5 Å². The van der Waals surface area contributed by atoms with Crippen LogP contribution in [0.5, 0.6) is 0 Å². The van der Waals surface area contributed by atoms with Crippen LogP contribution in [0.25, 0.3) is 10.8 Å². The molecule has 2 saturated heterocycles. The molecule has 168 valence electrons. The molecule has 0 saturated carbocycles. The quantitative estimate of drug-likeness (QED) is 0.533. The third-order valence-corrected chi connectivity index (χ3v) is 7.84. The third-order valence-electron chi connectivity index (χ3n) is 6.96. The van der Waals surface area contributed by atoms with Crippen molar-refractivity contribution < 1.29 is 14.3 Å². The molecule has 0 atom stereocenters. The number of para-hydroxylation sites is 1. The smallest absolute Gasteiger partial charge is 0.320 e. The second-order valence-corrected chi connectivity index (χ2v) is 9.63. The first-order valence-electron chi connectivity index (χ1n) is 11.1. The van der Waals surface area contributed by atoms with E-state index in [0.717, 1.165) is 32.2 Å². The summed E-state index contributed by atoms with van der Waals surface area (Å²) in [7, 11) is 0. The topological polar surface area (TPSA) is 66.0 Å². The molecule has 8 heteroatoms. The third kappa shape index (κ3) is 3.15. The van der Waals surface area contributed by atoms with Crippen molar-refractivity contribution >= 4 is 44.3 Å². The molecule has 7 nitrogen and oxygen atoms in total. The Morgan fingerprint density at radius 1 is 1.03 bits per heavy atom. The molecule has 3 aromatic rings. The first-order valence-corrected chi connectivity index (χ1v) is 11.9. The van der Waals surface area contributed by atoms with Gasteiger partial charge in [0.05, 0.1) is 25.5 Å². The summed E-state index contributed by atoms with van der Waals surface area (Å²) < 4.78 is 6.27. The predicted molar refractivity (Wildman–Crippen MR) is 128 cm³/mol. The first-order chi connectivity index (χ1) is 16.1. The van der Waals surface area contributed by atoms with Gasteiger partial charge in [0.2, 0.25) is 5.91 Å². The van der Waals surface area contributed by atoms with Crippen LogP contribution in [0.2, 0.25) is 0 Å². The van der Waals surface area contributed by atoms with E-state index >= 15 is 0 Å². The van der Waals surface area contributed by atoms with Gasteiger partial charge in [-0.25, -0.2) is 4.79 Å². The standard InChI is InChI=1S/C25H23BrN4O3/c26-22-18-6-2-1-5-17(18)13-27-20(22)14-30-21-8-4-3-7-19(21)25(23(30)31)15-29(16-25)24(32)28-9-11-33-12-10-28/h1-8,13H,9-12,14-16H2. The van der Waals surface area contributed by atoms with Crippen LogP contribution >= 0.6 is 15.9 Å². The number of ether oxygens (including phenoxy) is 1. The lowest BCUT2D eigenvalue weighted by molar-refractivity contribution is -0.128. The molecule has 2 aromatic carbocycles. The number of morpholine rings is 1. The van der Waals surface area contributed by atoms with E-state index in [0.29, 0.717) is 45.9 Å². The number of likely N-dealkylation sites (tertiary alicyclic amines) is 1. The SMILES string of the molecule is O=C(N1CCOCC1)N1CC2(C1)C(=O)N(Cc1ncc3ccccc3c1Br)c1ccccc12. The molecular weight excluding hydrogens is 484 g/mol. The van der Waals surface area contributed by atoms with Gasteiger partial charge >= 0.3 is 6.03 Å². The number of aromatic nitrogens is 1. The van der Waals surface area contributed by atoms with E-state index in [-0.39, 0.29) is 11.9 Å². The molecule has 33 heavy (non-hydrogen) atoms. The number of rotatable bonds is 2. The number of fused-ring (bicyclic) bond motifs is 3. The zero-order valence-electron chi connectivity index (χ0n) is 18.0. The summed E-state index contributed by atoms with van der Waals surface area (Å²) in [5.74, 6) is 0.0385. The molecule has 1 aromatic heterocycles. The minimum atomic E-state index is -0.679. The predicted octanol–water partition coefficient (Wildman–Crippen LogP) is 3.55. The van der Waals surface area contributed by atoms with Crippen molar-refractivity contribution in [3.63, 3.8) is 0 Å². The Labute approximate surface area is 200 Å². The normalized spacial score (nSPS) is 19.2. The molecule has 0 bridgehead atoms. The Balaban J connectivity index is 1.29. The first kappa shape index (κ1) is 20.6. The molecule has 1 spiro atoms. The number of halogens is 1. The van der Waals surface area contributed by atoms with Crippen molar-refractivity contribution in [1.29, 1.82) is 0 Å². The second kappa shape index (κ2) is 7.81. The largest absolute Gasteiger partial charge is 0.378 e. The number of anilines is 1. The van der Waals surface area contributed by atoms with E-state index in [9.17, 15) is 9.59 Å². The Morgan fingerprint density at radius 3 is 2.58 bits per heavy atom. The van der Waals surface area contributed by atoms with Crippen molar-refractivity contribution in [2.24, 2.45) is 0 Å². The number of benzene rings is 2. The molecule has 3 aliphatic rings. The summed E-state index contributed by atoms with van der Waals surface area (Å²) >= 11 is 3.71. The van der Waals surface area contributed by atoms with Crippen molar-refractivity contribution in [3.8, 4) is 0 Å². The molecule has 3 amide bonds. The fourth-order valence-corrected chi connectivity index (χ4v) is 5.77. The number of pyridine rings is 1. The van der Waals surface area contributed by atoms with E-state index in [2.05, 4.69) is 20.9 Å². The molecule has 3 aliphatic heterocycles. The van der Waals surface area contributed by atoms with Crippen molar-refractivity contribution in [1.82, 2.24) is 14.8 Å². The molecular formula is C25H23BrN4O3. The summed E-state index contributed by atoms with van der Waals surface area (Å²) in [6.07, 6.45) is 1.85. The summed E-state index contributed by atoms with van der Waals surface area (Å²) in [6.45, 7) is 3.51. The van der Waals surface area contributed by atoms with Crippen molar-refractivity contribution in [2.75, 3.05) is 44.3 Å². The van der Waals surface area contributed by atoms with Crippen molar-refractivity contribution in [3.05, 3.63) is 70.5 Å². The summed E-state index contributed by atoms with van der Waals surface area (Å²) in [5, 5.41) is 2.12. The number of amides is 3. The molecule has 0 N–H and O–H groups in total. The highest BCUT2D eigenvalue weighted by Gasteiger charge is 2.59. The number of carbonyl (C=O) groups is 2. The Morgan fingerprint density at radius 2 is 1.76 bits per heavy atom. The number of nitrogens with zero attached hydrogens (tertiary/aromatic N) is 4. The average molecular weight is 507 g/mol. The minimum absolute atomic E-state index is 0.00778. The molecule has 6 rings (SSSR count). The maximum atomic E-state index is 13.8. The van der Waals surface area contributed by atoms with Crippen LogP contribution in [-0.4, -0.2) is 66.1 Å². The summed E-state index contributed by atoms with van der Waals surface area (Å²) in [5.41, 5.74) is 2.04. The number of carbonyl (C=O) groups excluding carboxylic acids is 2.